The molecule has 2 saturated heterocycles. The van der Waals surface area contributed by atoms with Crippen molar-refractivity contribution < 1.29 is 0 Å². The molecule has 5 heterocycles. The van der Waals surface area contributed by atoms with Gasteiger partial charge in [0.2, 0.25) is 0 Å². The van der Waals surface area contributed by atoms with Gasteiger partial charge in [-0.2, -0.15) is 5.10 Å². The first-order valence-corrected chi connectivity index (χ1v) is 9.31. The summed E-state index contributed by atoms with van der Waals surface area (Å²) in [4.78, 5) is 21.4. The second-order valence-corrected chi connectivity index (χ2v) is 7.99. The van der Waals surface area contributed by atoms with Crippen LogP contribution in [0.25, 0.3) is 20.7 Å². The Morgan fingerprint density at radius 1 is 1.19 bits per heavy atom. The first-order valence-electron chi connectivity index (χ1n) is 8.49. The number of H-pyrrole nitrogens is 2. The number of fused-ring (bicyclic) bond motifs is 4. The Morgan fingerprint density at radius 2 is 1.96 bits per heavy atom. The summed E-state index contributed by atoms with van der Waals surface area (Å²) < 4.78 is 0.690. The molecule has 3 N–H and O–H groups in total. The van der Waals surface area contributed by atoms with Crippen molar-refractivity contribution in [2.45, 2.75) is 44.7 Å². The minimum absolute atomic E-state index is 0. The molecular formula is C17H21Cl2N5OS. The number of hydrogen-bond acceptors (Lipinski definition) is 5. The van der Waals surface area contributed by atoms with Gasteiger partial charge in [0, 0.05) is 22.2 Å². The van der Waals surface area contributed by atoms with Crippen LogP contribution in [0.2, 0.25) is 0 Å². The highest BCUT2D eigenvalue weighted by Crippen LogP contribution is 2.40. The van der Waals surface area contributed by atoms with E-state index >= 15 is 0 Å². The smallest absolute Gasteiger partial charge is 0.268 e. The standard InChI is InChI=1S/C17H19N5OS.2ClH/c1-8-11(7-18-22-8)13-6-12-15(24-13)17(23)21-16(20-12)14-9-2-4-10(19-14)5-3-9;;/h6-7,9-10,14,19H,2-5H2,1H3,(H,18,22)(H,20,21,23);2*1H/t9?,10?,14-;;/m0../s1. The molecule has 2 bridgehead atoms. The molecule has 6 rings (SSSR count). The van der Waals surface area contributed by atoms with Crippen molar-refractivity contribution in [3.05, 3.63) is 34.1 Å². The molecule has 3 aliphatic rings. The van der Waals surface area contributed by atoms with Crippen LogP contribution in [0.3, 0.4) is 0 Å². The highest BCUT2D eigenvalue weighted by molar-refractivity contribution is 7.22. The van der Waals surface area contributed by atoms with Crippen molar-refractivity contribution >= 4 is 46.4 Å². The van der Waals surface area contributed by atoms with Gasteiger partial charge < -0.3 is 10.3 Å². The highest BCUT2D eigenvalue weighted by atomic mass is 35.5. The number of rotatable bonds is 2. The van der Waals surface area contributed by atoms with E-state index in [-0.39, 0.29) is 36.4 Å². The lowest BCUT2D eigenvalue weighted by Gasteiger charge is -2.42. The van der Waals surface area contributed by atoms with Gasteiger partial charge in [-0.25, -0.2) is 4.98 Å². The molecule has 2 aliphatic heterocycles. The van der Waals surface area contributed by atoms with Crippen LogP contribution in [0.5, 0.6) is 0 Å². The summed E-state index contributed by atoms with van der Waals surface area (Å²) in [7, 11) is 0. The predicted octanol–water partition coefficient (Wildman–Crippen LogP) is 3.73. The van der Waals surface area contributed by atoms with Gasteiger partial charge >= 0.3 is 0 Å². The maximum atomic E-state index is 12.6. The number of thiophene rings is 1. The van der Waals surface area contributed by atoms with Crippen LogP contribution in [0, 0.1) is 12.8 Å². The molecule has 1 aliphatic carbocycles. The molecule has 0 unspecified atom stereocenters. The highest BCUT2D eigenvalue weighted by Gasteiger charge is 2.37. The minimum Gasteiger partial charge on any atom is -0.308 e. The molecule has 0 radical (unpaired) electrons. The number of piperidine rings is 2. The molecule has 0 spiro atoms. The topological polar surface area (TPSA) is 86.5 Å². The lowest BCUT2D eigenvalue weighted by atomic mass is 9.76. The Labute approximate surface area is 167 Å². The maximum Gasteiger partial charge on any atom is 0.268 e. The number of nitrogens with one attached hydrogen (secondary N) is 3. The van der Waals surface area contributed by atoms with Crippen molar-refractivity contribution in [3.8, 4) is 10.4 Å². The van der Waals surface area contributed by atoms with E-state index in [4.69, 9.17) is 4.98 Å². The van der Waals surface area contributed by atoms with Crippen LogP contribution in [-0.4, -0.2) is 26.2 Å². The number of aromatic amines is 2. The lowest BCUT2D eigenvalue weighted by Crippen LogP contribution is -2.47. The molecule has 6 nitrogen and oxygen atoms in total. The van der Waals surface area contributed by atoms with Crippen LogP contribution >= 0.6 is 36.2 Å². The molecule has 26 heavy (non-hydrogen) atoms. The molecule has 9 heteroatoms. The third kappa shape index (κ3) is 3.07. The number of aromatic nitrogens is 4. The van der Waals surface area contributed by atoms with Gasteiger partial charge in [0.05, 0.1) is 17.8 Å². The Bertz CT molecular complexity index is 973. The minimum atomic E-state index is -0.0318. The molecule has 3 aromatic heterocycles. The summed E-state index contributed by atoms with van der Waals surface area (Å²) in [6, 6.07) is 2.78. The number of aryl methyl sites for hydroxylation is 1. The van der Waals surface area contributed by atoms with Gasteiger partial charge in [0.25, 0.3) is 5.56 Å². The first-order chi connectivity index (χ1) is 11.7. The van der Waals surface area contributed by atoms with E-state index in [1.807, 2.05) is 13.0 Å². The summed E-state index contributed by atoms with van der Waals surface area (Å²) >= 11 is 1.48. The largest absolute Gasteiger partial charge is 0.308 e. The van der Waals surface area contributed by atoms with Gasteiger partial charge in [0.1, 0.15) is 10.5 Å². The number of hydrogen-bond donors (Lipinski definition) is 3. The molecule has 0 aromatic carbocycles. The van der Waals surface area contributed by atoms with Crippen LogP contribution in [-0.2, 0) is 0 Å². The van der Waals surface area contributed by atoms with Crippen molar-refractivity contribution in [1.29, 1.82) is 0 Å². The fraction of sp³-hybridized carbons (Fsp3) is 0.471. The van der Waals surface area contributed by atoms with E-state index in [0.29, 0.717) is 16.7 Å². The van der Waals surface area contributed by atoms with Crippen molar-refractivity contribution in [2.24, 2.45) is 5.92 Å². The SMILES string of the molecule is Cc1[nH]ncc1-c1cc2nc([C@H]3NC4CCC3CC4)[nH]c(=O)c2s1.Cl.Cl. The molecule has 1 saturated carbocycles. The van der Waals surface area contributed by atoms with E-state index in [1.165, 1.54) is 37.0 Å². The normalized spacial score (nSPS) is 24.3. The third-order valence-electron chi connectivity index (χ3n) is 5.45. The third-order valence-corrected chi connectivity index (χ3v) is 6.61. The first kappa shape index (κ1) is 19.4. The van der Waals surface area contributed by atoms with Crippen LogP contribution in [0.4, 0.5) is 0 Å². The Morgan fingerprint density at radius 3 is 2.58 bits per heavy atom. The van der Waals surface area contributed by atoms with Crippen molar-refractivity contribution in [2.75, 3.05) is 0 Å². The van der Waals surface area contributed by atoms with E-state index in [0.717, 1.165) is 27.5 Å². The Balaban J connectivity index is 0.000000980. The molecule has 3 aromatic rings. The average Bonchev–Trinajstić information content (AvgIpc) is 3.21. The molecule has 140 valence electrons. The fourth-order valence-electron chi connectivity index (χ4n) is 4.15. The molecular weight excluding hydrogens is 393 g/mol. The summed E-state index contributed by atoms with van der Waals surface area (Å²) in [5, 5.41) is 10.7. The van der Waals surface area contributed by atoms with Crippen LogP contribution in [0.1, 0.15) is 43.2 Å². The summed E-state index contributed by atoms with van der Waals surface area (Å²) in [6.07, 6.45) is 6.75. The number of halogens is 2. The molecule has 0 amide bonds. The summed E-state index contributed by atoms with van der Waals surface area (Å²) in [6.45, 7) is 1.98. The zero-order valence-corrected chi connectivity index (χ0v) is 16.7. The van der Waals surface area contributed by atoms with Gasteiger partial charge in [-0.1, -0.05) is 0 Å². The fourth-order valence-corrected chi connectivity index (χ4v) is 5.21. The van der Waals surface area contributed by atoms with E-state index in [1.54, 1.807) is 6.20 Å². The van der Waals surface area contributed by atoms with Crippen molar-refractivity contribution in [1.82, 2.24) is 25.5 Å². The van der Waals surface area contributed by atoms with Crippen LogP contribution < -0.4 is 10.9 Å². The van der Waals surface area contributed by atoms with E-state index in [2.05, 4.69) is 20.5 Å². The average molecular weight is 414 g/mol. The summed E-state index contributed by atoms with van der Waals surface area (Å²) in [5.74, 6) is 1.39. The van der Waals surface area contributed by atoms with Gasteiger partial charge in [-0.3, -0.25) is 9.89 Å². The number of nitrogens with zero attached hydrogens (tertiary/aromatic N) is 2. The second kappa shape index (κ2) is 7.31. The van der Waals surface area contributed by atoms with Gasteiger partial charge in [-0.15, -0.1) is 36.2 Å². The lowest BCUT2D eigenvalue weighted by molar-refractivity contribution is 0.144. The maximum absolute atomic E-state index is 12.6. The Kier molecular flexibility index (Phi) is 5.44. The van der Waals surface area contributed by atoms with Crippen LogP contribution in [0.15, 0.2) is 17.1 Å². The Hall–Kier alpha value is -1.41. The van der Waals surface area contributed by atoms with Gasteiger partial charge in [-0.05, 0) is 44.6 Å². The zero-order chi connectivity index (χ0) is 16.3. The van der Waals surface area contributed by atoms with E-state index in [9.17, 15) is 4.79 Å². The quantitative estimate of drug-likeness (QED) is 0.597. The van der Waals surface area contributed by atoms with Gasteiger partial charge in [0.15, 0.2) is 0 Å². The van der Waals surface area contributed by atoms with E-state index < -0.39 is 0 Å². The molecule has 3 fully saturated rings. The zero-order valence-electron chi connectivity index (χ0n) is 14.2. The molecule has 1 atom stereocenters. The predicted molar refractivity (Wildman–Crippen MR) is 109 cm³/mol. The van der Waals surface area contributed by atoms with Crippen molar-refractivity contribution in [3.63, 3.8) is 0 Å². The summed E-state index contributed by atoms with van der Waals surface area (Å²) in [5.41, 5.74) is 2.80. The monoisotopic (exact) mass is 413 g/mol. The second-order valence-electron chi connectivity index (χ2n) is 6.94.